The van der Waals surface area contributed by atoms with Crippen molar-refractivity contribution in [3.05, 3.63) is 24.3 Å². The fraction of sp³-hybridized carbons (Fsp3) is 0.571. The number of hydrogen-bond acceptors (Lipinski definition) is 5. The summed E-state index contributed by atoms with van der Waals surface area (Å²) in [6.45, 7) is 2.42. The lowest BCUT2D eigenvalue weighted by atomic mass is 9.75. The van der Waals surface area contributed by atoms with Crippen LogP contribution in [0.3, 0.4) is 0 Å². The Morgan fingerprint density at radius 2 is 1.97 bits per heavy atom. The molecule has 1 aromatic rings. The van der Waals surface area contributed by atoms with E-state index in [-0.39, 0.29) is 25.1 Å². The van der Waals surface area contributed by atoms with E-state index in [4.69, 9.17) is 9.47 Å². The number of nitrogens with one attached hydrogen (secondary N) is 2. The van der Waals surface area contributed by atoms with Crippen LogP contribution >= 0.6 is 0 Å². The molecule has 2 fully saturated rings. The summed E-state index contributed by atoms with van der Waals surface area (Å²) in [5.41, 5.74) is -0.826. The number of fused-ring (bicyclic) bond motifs is 1. The summed E-state index contributed by atoms with van der Waals surface area (Å²) < 4.78 is 11.4. The quantitative estimate of drug-likeness (QED) is 0.734. The summed E-state index contributed by atoms with van der Waals surface area (Å²) in [5.74, 6) is 1.24. The van der Waals surface area contributed by atoms with Gasteiger partial charge in [0.2, 0.25) is 5.91 Å². The van der Waals surface area contributed by atoms with Crippen LogP contribution in [-0.2, 0) is 9.59 Å². The molecule has 2 heterocycles. The lowest BCUT2D eigenvalue weighted by Crippen LogP contribution is -2.50. The molecule has 0 aromatic heterocycles. The predicted molar refractivity (Wildman–Crippen MR) is 105 cm³/mol. The summed E-state index contributed by atoms with van der Waals surface area (Å²) in [5, 5.41) is 5.59. The Balaban J connectivity index is 1.29. The van der Waals surface area contributed by atoms with Crippen molar-refractivity contribution in [1.82, 2.24) is 15.5 Å². The molecule has 0 radical (unpaired) electrons. The van der Waals surface area contributed by atoms with E-state index in [9.17, 15) is 14.4 Å². The van der Waals surface area contributed by atoms with Gasteiger partial charge in [-0.05, 0) is 43.7 Å². The average Bonchev–Trinajstić information content (AvgIpc) is 2.96. The minimum atomic E-state index is -0.826. The molecule has 1 aromatic carbocycles. The first-order valence-corrected chi connectivity index (χ1v) is 10.3. The highest BCUT2D eigenvalue weighted by Crippen LogP contribution is 2.37. The molecule has 156 valence electrons. The maximum absolute atomic E-state index is 12.9. The highest BCUT2D eigenvalue weighted by atomic mass is 16.6. The molecule has 1 saturated carbocycles. The third kappa shape index (κ3) is 3.88. The van der Waals surface area contributed by atoms with Crippen LogP contribution in [-0.4, -0.2) is 54.1 Å². The second-order valence-corrected chi connectivity index (χ2v) is 8.06. The summed E-state index contributed by atoms with van der Waals surface area (Å²) in [6.07, 6.45) is 3.88. The molecule has 2 aliphatic heterocycles. The van der Waals surface area contributed by atoms with E-state index in [0.717, 1.165) is 24.2 Å². The number of carbonyl (C=O) groups is 3. The van der Waals surface area contributed by atoms with Gasteiger partial charge in [-0.15, -0.1) is 0 Å². The number of imide groups is 1. The van der Waals surface area contributed by atoms with E-state index in [0.29, 0.717) is 36.9 Å². The van der Waals surface area contributed by atoms with Gasteiger partial charge >= 0.3 is 6.03 Å². The lowest BCUT2D eigenvalue weighted by molar-refractivity contribution is -0.136. The van der Waals surface area contributed by atoms with Crippen molar-refractivity contribution in [2.45, 2.75) is 50.7 Å². The van der Waals surface area contributed by atoms with Gasteiger partial charge in [0.15, 0.2) is 11.5 Å². The van der Waals surface area contributed by atoms with Gasteiger partial charge in [0.05, 0.1) is 6.54 Å². The highest BCUT2D eigenvalue weighted by molar-refractivity contribution is 6.09. The molecule has 2 N–H and O–H groups in total. The summed E-state index contributed by atoms with van der Waals surface area (Å²) in [7, 11) is 0. The van der Waals surface area contributed by atoms with Crippen LogP contribution in [0.1, 0.15) is 39.0 Å². The molecular formula is C21H27N3O5. The Bertz CT molecular complexity index is 803. The van der Waals surface area contributed by atoms with Gasteiger partial charge in [-0.3, -0.25) is 14.5 Å². The zero-order valence-electron chi connectivity index (χ0n) is 16.6. The van der Waals surface area contributed by atoms with Crippen molar-refractivity contribution in [3.63, 3.8) is 0 Å². The van der Waals surface area contributed by atoms with Crippen LogP contribution in [0.15, 0.2) is 24.3 Å². The number of rotatable bonds is 5. The molecule has 0 bridgehead atoms. The van der Waals surface area contributed by atoms with E-state index in [1.807, 2.05) is 24.3 Å². The third-order valence-electron chi connectivity index (χ3n) is 6.18. The number of para-hydroxylation sites is 2. The highest BCUT2D eigenvalue weighted by Gasteiger charge is 2.52. The van der Waals surface area contributed by atoms with E-state index < -0.39 is 17.5 Å². The third-order valence-corrected chi connectivity index (χ3v) is 6.18. The van der Waals surface area contributed by atoms with Gasteiger partial charge in [-0.2, -0.15) is 0 Å². The van der Waals surface area contributed by atoms with Crippen molar-refractivity contribution in [2.24, 2.45) is 5.92 Å². The molecule has 1 spiro atoms. The van der Waals surface area contributed by atoms with Crippen LogP contribution in [0.5, 0.6) is 11.5 Å². The number of benzene rings is 1. The molecule has 29 heavy (non-hydrogen) atoms. The first-order chi connectivity index (χ1) is 14.0. The molecule has 0 unspecified atom stereocenters. The largest absolute Gasteiger partial charge is 0.486 e. The van der Waals surface area contributed by atoms with E-state index in [1.54, 1.807) is 0 Å². The Hall–Kier alpha value is -2.77. The average molecular weight is 401 g/mol. The van der Waals surface area contributed by atoms with Gasteiger partial charge in [-0.25, -0.2) is 4.79 Å². The molecule has 1 aliphatic carbocycles. The summed E-state index contributed by atoms with van der Waals surface area (Å²) >= 11 is 0. The van der Waals surface area contributed by atoms with Crippen molar-refractivity contribution >= 4 is 17.8 Å². The van der Waals surface area contributed by atoms with Crippen molar-refractivity contribution in [2.75, 3.05) is 19.7 Å². The van der Waals surface area contributed by atoms with Crippen molar-refractivity contribution < 1.29 is 23.9 Å². The van der Waals surface area contributed by atoms with E-state index in [2.05, 4.69) is 17.6 Å². The van der Waals surface area contributed by atoms with Crippen LogP contribution in [0.2, 0.25) is 0 Å². The predicted octanol–water partition coefficient (Wildman–Crippen LogP) is 1.83. The Morgan fingerprint density at radius 1 is 1.24 bits per heavy atom. The van der Waals surface area contributed by atoms with Crippen LogP contribution in [0, 0.1) is 5.92 Å². The van der Waals surface area contributed by atoms with Gasteiger partial charge < -0.3 is 20.1 Å². The van der Waals surface area contributed by atoms with Gasteiger partial charge in [0.25, 0.3) is 5.91 Å². The first kappa shape index (κ1) is 19.5. The number of amides is 4. The first-order valence-electron chi connectivity index (χ1n) is 10.3. The second-order valence-electron chi connectivity index (χ2n) is 8.06. The molecule has 1 atom stereocenters. The number of nitrogens with zero attached hydrogens (tertiary/aromatic N) is 1. The molecule has 8 nitrogen and oxygen atoms in total. The summed E-state index contributed by atoms with van der Waals surface area (Å²) in [6, 6.07) is 6.87. The standard InChI is InChI=1S/C21H27N3O5/c1-2-14-7-9-21(10-8-14)19(26)24(20(27)23-21)12-18(25)22-11-15-13-28-16-5-3-4-6-17(16)29-15/h3-6,14-15H,2,7-13H2,1H3,(H,22,25)(H,23,27)/t14?,15-,21?/m0/s1. The minimum Gasteiger partial charge on any atom is -0.486 e. The molecule has 4 amide bonds. The monoisotopic (exact) mass is 401 g/mol. The maximum Gasteiger partial charge on any atom is 0.325 e. The van der Waals surface area contributed by atoms with Crippen molar-refractivity contribution in [1.29, 1.82) is 0 Å². The molecule has 4 rings (SSSR count). The van der Waals surface area contributed by atoms with E-state index in [1.165, 1.54) is 0 Å². The minimum absolute atomic E-state index is 0.236. The van der Waals surface area contributed by atoms with Gasteiger partial charge in [-0.1, -0.05) is 25.5 Å². The lowest BCUT2D eigenvalue weighted by Gasteiger charge is -2.34. The Labute approximate surface area is 169 Å². The van der Waals surface area contributed by atoms with E-state index >= 15 is 0 Å². The topological polar surface area (TPSA) is 97.0 Å². The number of urea groups is 1. The van der Waals surface area contributed by atoms with Gasteiger partial charge in [0.1, 0.15) is 24.8 Å². The Kier molecular flexibility index (Phi) is 5.34. The maximum atomic E-state index is 12.9. The second kappa shape index (κ2) is 7.93. The zero-order valence-corrected chi connectivity index (χ0v) is 16.6. The normalized spacial score (nSPS) is 28.4. The smallest absolute Gasteiger partial charge is 0.325 e. The summed E-state index contributed by atoms with van der Waals surface area (Å²) in [4.78, 5) is 38.6. The van der Waals surface area contributed by atoms with Crippen LogP contribution in [0.4, 0.5) is 4.79 Å². The molecule has 1 saturated heterocycles. The molecular weight excluding hydrogens is 374 g/mol. The van der Waals surface area contributed by atoms with Crippen molar-refractivity contribution in [3.8, 4) is 11.5 Å². The molecule has 8 heteroatoms. The van der Waals surface area contributed by atoms with Crippen LogP contribution in [0.25, 0.3) is 0 Å². The number of hydrogen-bond donors (Lipinski definition) is 2. The number of ether oxygens (including phenoxy) is 2. The molecule has 3 aliphatic rings. The fourth-order valence-electron chi connectivity index (χ4n) is 4.33. The fourth-order valence-corrected chi connectivity index (χ4v) is 4.33. The van der Waals surface area contributed by atoms with Gasteiger partial charge in [0, 0.05) is 0 Å². The SMILES string of the molecule is CCC1CCC2(CC1)NC(=O)N(CC(=O)NC[C@H]1COc3ccccc3O1)C2=O. The van der Waals surface area contributed by atoms with Crippen LogP contribution < -0.4 is 20.1 Å². The zero-order chi connectivity index (χ0) is 20.4. The Morgan fingerprint density at radius 3 is 2.69 bits per heavy atom. The number of carbonyl (C=O) groups excluding carboxylic acids is 3.